The number of rotatable bonds is 3. The summed E-state index contributed by atoms with van der Waals surface area (Å²) < 4.78 is 6.84. The van der Waals surface area contributed by atoms with Crippen LogP contribution in [-0.2, 0) is 11.3 Å². The Morgan fingerprint density at radius 2 is 1.93 bits per heavy atom. The maximum Gasteiger partial charge on any atom is 0.340 e. The number of benzene rings is 1. The number of aromatic nitrogens is 3. The highest BCUT2D eigenvalue weighted by Crippen LogP contribution is 2.21. The summed E-state index contributed by atoms with van der Waals surface area (Å²) in [6.45, 7) is 3.54. The van der Waals surface area contributed by atoms with Gasteiger partial charge in [-0.1, -0.05) is 17.7 Å². The molecule has 0 unspecified atom stereocenters. The second kappa shape index (κ2) is 7.05. The minimum absolute atomic E-state index is 0.106. The van der Waals surface area contributed by atoms with E-state index in [1.54, 1.807) is 43.5 Å². The van der Waals surface area contributed by atoms with Gasteiger partial charge in [0.25, 0.3) is 5.56 Å². The van der Waals surface area contributed by atoms with Gasteiger partial charge in [-0.15, -0.1) is 0 Å². The maximum absolute atomic E-state index is 12.6. The Balaban J connectivity index is 1.60. The Kier molecular flexibility index (Phi) is 4.57. The number of pyridine rings is 2. The van der Waals surface area contributed by atoms with Crippen LogP contribution in [-0.4, -0.2) is 20.3 Å². The predicted octanol–water partition coefficient (Wildman–Crippen LogP) is 3.87. The fourth-order valence-corrected chi connectivity index (χ4v) is 3.18. The van der Waals surface area contributed by atoms with E-state index in [-0.39, 0.29) is 12.2 Å². The predicted molar refractivity (Wildman–Crippen MR) is 107 cm³/mol. The second-order valence-electron chi connectivity index (χ2n) is 6.55. The molecule has 0 bridgehead atoms. The minimum Gasteiger partial charge on any atom is -0.456 e. The van der Waals surface area contributed by atoms with Crippen molar-refractivity contribution in [2.45, 2.75) is 20.5 Å². The van der Waals surface area contributed by atoms with Gasteiger partial charge >= 0.3 is 5.97 Å². The summed E-state index contributed by atoms with van der Waals surface area (Å²) in [6, 6.07) is 12.0. The Bertz CT molecular complexity index is 1300. The van der Waals surface area contributed by atoms with Gasteiger partial charge in [-0.2, -0.15) is 0 Å². The third-order valence-corrected chi connectivity index (χ3v) is 4.63. The van der Waals surface area contributed by atoms with Gasteiger partial charge in [-0.25, -0.2) is 9.78 Å². The number of carbonyl (C=O) groups excluding carboxylic acids is 1. The van der Waals surface area contributed by atoms with Crippen molar-refractivity contribution < 1.29 is 9.53 Å². The number of hydrogen-bond donors (Lipinski definition) is 0. The van der Waals surface area contributed by atoms with Crippen molar-refractivity contribution >= 4 is 34.1 Å². The zero-order chi connectivity index (χ0) is 19.8. The normalized spacial score (nSPS) is 11.1. The summed E-state index contributed by atoms with van der Waals surface area (Å²) >= 11 is 6.02. The zero-order valence-corrected chi connectivity index (χ0v) is 16.0. The molecule has 0 aliphatic rings. The molecule has 140 valence electrons. The molecule has 1 aromatic carbocycles. The van der Waals surface area contributed by atoms with Gasteiger partial charge in [0.1, 0.15) is 12.3 Å². The fourth-order valence-electron chi connectivity index (χ4n) is 3.00. The van der Waals surface area contributed by atoms with E-state index in [9.17, 15) is 9.59 Å². The molecule has 7 heteroatoms. The lowest BCUT2D eigenvalue weighted by Crippen LogP contribution is -2.17. The molecule has 6 nitrogen and oxygen atoms in total. The van der Waals surface area contributed by atoms with Gasteiger partial charge in [0.05, 0.1) is 22.5 Å². The Morgan fingerprint density at radius 1 is 1.11 bits per heavy atom. The number of aryl methyl sites for hydroxylation is 2. The molecule has 4 rings (SSSR count). The summed E-state index contributed by atoms with van der Waals surface area (Å²) in [4.78, 5) is 33.6. The molecule has 0 amide bonds. The summed E-state index contributed by atoms with van der Waals surface area (Å²) in [5.74, 6) is -0.530. The smallest absolute Gasteiger partial charge is 0.340 e. The van der Waals surface area contributed by atoms with Gasteiger partial charge in [-0.3, -0.25) is 14.2 Å². The Hall–Kier alpha value is -3.25. The van der Waals surface area contributed by atoms with Crippen molar-refractivity contribution in [3.63, 3.8) is 0 Å². The van der Waals surface area contributed by atoms with Crippen molar-refractivity contribution in [3.8, 4) is 0 Å². The summed E-state index contributed by atoms with van der Waals surface area (Å²) in [5, 5.41) is 1.32. The van der Waals surface area contributed by atoms with Crippen LogP contribution in [0.15, 0.2) is 53.5 Å². The van der Waals surface area contributed by atoms with Gasteiger partial charge in [-0.05, 0) is 49.7 Å². The Morgan fingerprint density at radius 3 is 2.75 bits per heavy atom. The molecule has 0 fully saturated rings. The highest BCUT2D eigenvalue weighted by atomic mass is 35.5. The topological polar surface area (TPSA) is 73.6 Å². The molecule has 28 heavy (non-hydrogen) atoms. The largest absolute Gasteiger partial charge is 0.456 e. The van der Waals surface area contributed by atoms with Crippen LogP contribution in [0.3, 0.4) is 0 Å². The van der Waals surface area contributed by atoms with Crippen LogP contribution in [0.2, 0.25) is 5.02 Å². The highest BCUT2D eigenvalue weighted by Gasteiger charge is 2.14. The molecular formula is C21H16ClN3O3. The number of nitrogens with zero attached hydrogens (tertiary/aromatic N) is 3. The third-order valence-electron chi connectivity index (χ3n) is 4.40. The van der Waals surface area contributed by atoms with Crippen LogP contribution in [0.5, 0.6) is 0 Å². The highest BCUT2D eigenvalue weighted by molar-refractivity contribution is 6.31. The van der Waals surface area contributed by atoms with Crippen molar-refractivity contribution in [1.82, 2.24) is 14.4 Å². The van der Waals surface area contributed by atoms with E-state index in [1.165, 1.54) is 10.5 Å². The summed E-state index contributed by atoms with van der Waals surface area (Å²) in [5.41, 5.74) is 3.27. The van der Waals surface area contributed by atoms with Crippen LogP contribution < -0.4 is 5.56 Å². The molecule has 0 saturated carbocycles. The van der Waals surface area contributed by atoms with E-state index >= 15 is 0 Å². The standard InChI is InChI=1S/C21H16ClN3O3/c1-12-3-6-19-24-16(9-20(26)25(19)10-12)11-28-21(27)17-8-14-7-15(22)4-5-18(14)23-13(17)2/h3-10H,11H2,1-2H3. The molecule has 0 aliphatic carbocycles. The van der Waals surface area contributed by atoms with E-state index < -0.39 is 5.97 Å². The molecule has 0 saturated heterocycles. The lowest BCUT2D eigenvalue weighted by molar-refractivity contribution is 0.0466. The number of carbonyl (C=O) groups is 1. The fraction of sp³-hybridized carbons (Fsp3) is 0.143. The quantitative estimate of drug-likeness (QED) is 0.494. The lowest BCUT2D eigenvalue weighted by Gasteiger charge is -2.09. The first-order valence-corrected chi connectivity index (χ1v) is 9.01. The maximum atomic E-state index is 12.6. The van der Waals surface area contributed by atoms with Crippen LogP contribution in [0.1, 0.15) is 27.3 Å². The first kappa shape index (κ1) is 18.1. The van der Waals surface area contributed by atoms with Gasteiger partial charge in [0, 0.05) is 22.7 Å². The molecule has 3 aromatic heterocycles. The van der Waals surface area contributed by atoms with Crippen LogP contribution in [0, 0.1) is 13.8 Å². The van der Waals surface area contributed by atoms with Crippen molar-refractivity contribution in [3.05, 3.63) is 86.6 Å². The third kappa shape index (κ3) is 3.46. The SMILES string of the molecule is Cc1ccc2nc(COC(=O)c3cc4cc(Cl)ccc4nc3C)cc(=O)n2c1. The zero-order valence-electron chi connectivity index (χ0n) is 15.3. The molecule has 4 aromatic rings. The number of ether oxygens (including phenoxy) is 1. The van der Waals surface area contributed by atoms with Gasteiger partial charge < -0.3 is 4.74 Å². The number of hydrogen-bond acceptors (Lipinski definition) is 5. The van der Waals surface area contributed by atoms with E-state index in [0.717, 1.165) is 16.5 Å². The van der Waals surface area contributed by atoms with Crippen molar-refractivity contribution in [2.75, 3.05) is 0 Å². The molecule has 0 atom stereocenters. The second-order valence-corrected chi connectivity index (χ2v) is 6.99. The monoisotopic (exact) mass is 393 g/mol. The molecule has 0 radical (unpaired) electrons. The van der Waals surface area contributed by atoms with Crippen molar-refractivity contribution in [1.29, 1.82) is 0 Å². The average Bonchev–Trinajstić information content (AvgIpc) is 2.66. The van der Waals surface area contributed by atoms with Crippen LogP contribution in [0.4, 0.5) is 0 Å². The van der Waals surface area contributed by atoms with E-state index in [4.69, 9.17) is 16.3 Å². The van der Waals surface area contributed by atoms with E-state index in [0.29, 0.717) is 27.6 Å². The van der Waals surface area contributed by atoms with Gasteiger partial charge in [0.2, 0.25) is 0 Å². The Labute approximate surface area is 165 Å². The summed E-state index contributed by atoms with van der Waals surface area (Å²) in [7, 11) is 0. The minimum atomic E-state index is -0.530. The van der Waals surface area contributed by atoms with Gasteiger partial charge in [0.15, 0.2) is 0 Å². The van der Waals surface area contributed by atoms with E-state index in [1.807, 2.05) is 13.0 Å². The first-order valence-electron chi connectivity index (χ1n) is 8.64. The molecule has 0 spiro atoms. The number of esters is 1. The van der Waals surface area contributed by atoms with Crippen LogP contribution in [0.25, 0.3) is 16.6 Å². The average molecular weight is 394 g/mol. The molecule has 3 heterocycles. The first-order chi connectivity index (χ1) is 13.4. The molecular weight excluding hydrogens is 378 g/mol. The molecule has 0 N–H and O–H groups in total. The number of fused-ring (bicyclic) bond motifs is 2. The van der Waals surface area contributed by atoms with Crippen LogP contribution >= 0.6 is 11.6 Å². The van der Waals surface area contributed by atoms with E-state index in [2.05, 4.69) is 9.97 Å². The molecule has 0 aliphatic heterocycles. The number of halogens is 1. The van der Waals surface area contributed by atoms with Crippen molar-refractivity contribution in [2.24, 2.45) is 0 Å². The lowest BCUT2D eigenvalue weighted by atomic mass is 10.1. The summed E-state index contributed by atoms with van der Waals surface area (Å²) in [6.07, 6.45) is 1.72.